The zero-order valence-corrected chi connectivity index (χ0v) is 14.5. The molecule has 0 atom stereocenters. The smallest absolute Gasteiger partial charge is 0.223 e. The predicted molar refractivity (Wildman–Crippen MR) is 91.5 cm³/mol. The van der Waals surface area contributed by atoms with E-state index in [1.54, 1.807) is 0 Å². The van der Waals surface area contributed by atoms with Crippen molar-refractivity contribution in [1.82, 2.24) is 15.3 Å². The van der Waals surface area contributed by atoms with Crippen LogP contribution in [-0.4, -0.2) is 35.0 Å². The first-order valence-corrected chi connectivity index (χ1v) is 8.82. The number of hydrogen-bond donors (Lipinski definition) is 1. The fraction of sp³-hybridized carbons (Fsp3) is 0.722. The zero-order chi connectivity index (χ0) is 16.4. The lowest BCUT2D eigenvalue weighted by atomic mass is 9.90. The summed E-state index contributed by atoms with van der Waals surface area (Å²) in [4.78, 5) is 23.7. The molecule has 0 aromatic carbocycles. The average molecular weight is 316 g/mol. The van der Waals surface area contributed by atoms with Gasteiger partial charge < -0.3 is 10.2 Å². The number of rotatable bonds is 3. The summed E-state index contributed by atoms with van der Waals surface area (Å²) >= 11 is 0. The summed E-state index contributed by atoms with van der Waals surface area (Å²) in [6.07, 6.45) is 7.23. The van der Waals surface area contributed by atoms with Crippen LogP contribution in [0.4, 0.5) is 5.82 Å². The van der Waals surface area contributed by atoms with Crippen LogP contribution in [0.3, 0.4) is 0 Å². The minimum atomic E-state index is -0.0447. The summed E-state index contributed by atoms with van der Waals surface area (Å²) in [7, 11) is 0. The van der Waals surface area contributed by atoms with Crippen LogP contribution in [0.15, 0.2) is 12.3 Å². The number of carbonyl (C=O) groups excluding carboxylic acids is 1. The third-order valence-corrected chi connectivity index (χ3v) is 4.95. The Bertz CT molecular complexity index is 554. The number of nitrogens with one attached hydrogen (secondary N) is 1. The van der Waals surface area contributed by atoms with Gasteiger partial charge in [0.15, 0.2) is 0 Å². The highest BCUT2D eigenvalue weighted by Crippen LogP contribution is 2.25. The van der Waals surface area contributed by atoms with Crippen molar-refractivity contribution in [2.45, 2.75) is 64.3 Å². The molecule has 5 heteroatoms. The van der Waals surface area contributed by atoms with E-state index in [9.17, 15) is 4.79 Å². The lowest BCUT2D eigenvalue weighted by Crippen LogP contribution is -2.46. The second-order valence-corrected chi connectivity index (χ2v) is 7.89. The van der Waals surface area contributed by atoms with Gasteiger partial charge in [0.25, 0.3) is 0 Å². The molecule has 0 bridgehead atoms. The summed E-state index contributed by atoms with van der Waals surface area (Å²) in [6.45, 7) is 8.17. The standard InChI is InChI=1S/C18H28N4O/c1-18(2,3)17-19-10-7-15(21-17)22-11-8-13(9-12-22)16(23)20-14-5-4-6-14/h7,10,13-14H,4-6,8-9,11-12H2,1-3H3,(H,20,23). The topological polar surface area (TPSA) is 58.1 Å². The minimum Gasteiger partial charge on any atom is -0.356 e. The fourth-order valence-corrected chi connectivity index (χ4v) is 3.13. The van der Waals surface area contributed by atoms with Crippen molar-refractivity contribution in [3.05, 3.63) is 18.1 Å². The van der Waals surface area contributed by atoms with Gasteiger partial charge in [0.2, 0.25) is 5.91 Å². The third-order valence-electron chi connectivity index (χ3n) is 4.95. The maximum Gasteiger partial charge on any atom is 0.223 e. The molecule has 0 unspecified atom stereocenters. The first kappa shape index (κ1) is 16.2. The zero-order valence-electron chi connectivity index (χ0n) is 14.5. The Morgan fingerprint density at radius 1 is 1.22 bits per heavy atom. The van der Waals surface area contributed by atoms with E-state index in [1.165, 1.54) is 6.42 Å². The number of anilines is 1. The second-order valence-electron chi connectivity index (χ2n) is 7.89. The van der Waals surface area contributed by atoms with Gasteiger partial charge in [-0.3, -0.25) is 4.79 Å². The summed E-state index contributed by atoms with van der Waals surface area (Å²) in [5.74, 6) is 2.28. The van der Waals surface area contributed by atoms with Crippen LogP contribution in [-0.2, 0) is 10.2 Å². The molecule has 1 saturated carbocycles. The average Bonchev–Trinajstić information content (AvgIpc) is 2.50. The number of aromatic nitrogens is 2. The molecular weight excluding hydrogens is 288 g/mol. The molecule has 1 aliphatic heterocycles. The Labute approximate surface area is 138 Å². The highest BCUT2D eigenvalue weighted by atomic mass is 16.2. The van der Waals surface area contributed by atoms with Crippen LogP contribution in [0.2, 0.25) is 0 Å². The van der Waals surface area contributed by atoms with E-state index in [0.29, 0.717) is 6.04 Å². The quantitative estimate of drug-likeness (QED) is 0.931. The molecule has 2 aliphatic rings. The highest BCUT2D eigenvalue weighted by Gasteiger charge is 2.29. The number of amides is 1. The SMILES string of the molecule is CC(C)(C)c1nccc(N2CCC(C(=O)NC3CCC3)CC2)n1. The van der Waals surface area contributed by atoms with Gasteiger partial charge in [-0.05, 0) is 38.2 Å². The van der Waals surface area contributed by atoms with Crippen molar-refractivity contribution in [2.24, 2.45) is 5.92 Å². The van der Waals surface area contributed by atoms with Gasteiger partial charge in [0.1, 0.15) is 11.6 Å². The molecule has 2 fully saturated rings. The number of hydrogen-bond acceptors (Lipinski definition) is 4. The Balaban J connectivity index is 1.57. The molecular formula is C18H28N4O. The summed E-state index contributed by atoms with van der Waals surface area (Å²) in [5.41, 5.74) is -0.0447. The Morgan fingerprint density at radius 2 is 1.91 bits per heavy atom. The normalized spacial score (nSPS) is 20.2. The number of piperidine rings is 1. The van der Waals surface area contributed by atoms with E-state index in [2.05, 4.69) is 36.0 Å². The fourth-order valence-electron chi connectivity index (χ4n) is 3.13. The molecule has 1 amide bonds. The van der Waals surface area contributed by atoms with Crippen LogP contribution < -0.4 is 10.2 Å². The lowest BCUT2D eigenvalue weighted by molar-refractivity contribution is -0.126. The van der Waals surface area contributed by atoms with Crippen molar-refractivity contribution in [3.8, 4) is 0 Å². The summed E-state index contributed by atoms with van der Waals surface area (Å²) in [6, 6.07) is 2.42. The van der Waals surface area contributed by atoms with Crippen LogP contribution in [0.1, 0.15) is 58.7 Å². The van der Waals surface area contributed by atoms with Gasteiger partial charge in [0, 0.05) is 36.7 Å². The molecule has 1 aliphatic carbocycles. The van der Waals surface area contributed by atoms with Gasteiger partial charge in [0.05, 0.1) is 0 Å². The molecule has 1 aromatic heterocycles. The van der Waals surface area contributed by atoms with Crippen molar-refractivity contribution in [1.29, 1.82) is 0 Å². The minimum absolute atomic E-state index is 0.0447. The molecule has 1 saturated heterocycles. The van der Waals surface area contributed by atoms with E-state index in [0.717, 1.165) is 50.4 Å². The van der Waals surface area contributed by atoms with Crippen molar-refractivity contribution in [2.75, 3.05) is 18.0 Å². The summed E-state index contributed by atoms with van der Waals surface area (Å²) in [5, 5.41) is 3.19. The molecule has 3 rings (SSSR count). The van der Waals surface area contributed by atoms with Crippen molar-refractivity contribution >= 4 is 11.7 Å². The predicted octanol–water partition coefficient (Wildman–Crippen LogP) is 2.66. The maximum atomic E-state index is 12.3. The molecule has 5 nitrogen and oxygen atoms in total. The lowest BCUT2D eigenvalue weighted by Gasteiger charge is -2.34. The Kier molecular flexibility index (Phi) is 4.55. The van der Waals surface area contributed by atoms with E-state index < -0.39 is 0 Å². The highest BCUT2D eigenvalue weighted by molar-refractivity contribution is 5.79. The number of carbonyl (C=O) groups is 1. The van der Waals surface area contributed by atoms with E-state index in [4.69, 9.17) is 4.98 Å². The monoisotopic (exact) mass is 316 g/mol. The van der Waals surface area contributed by atoms with Gasteiger partial charge >= 0.3 is 0 Å². The first-order chi connectivity index (χ1) is 10.9. The Morgan fingerprint density at radius 3 is 2.48 bits per heavy atom. The summed E-state index contributed by atoms with van der Waals surface area (Å²) < 4.78 is 0. The Hall–Kier alpha value is -1.65. The molecule has 0 spiro atoms. The van der Waals surface area contributed by atoms with Crippen molar-refractivity contribution in [3.63, 3.8) is 0 Å². The van der Waals surface area contributed by atoms with Gasteiger partial charge in [-0.15, -0.1) is 0 Å². The van der Waals surface area contributed by atoms with Crippen LogP contribution >= 0.6 is 0 Å². The molecule has 1 aromatic rings. The molecule has 2 heterocycles. The van der Waals surface area contributed by atoms with Crippen molar-refractivity contribution < 1.29 is 4.79 Å². The van der Waals surface area contributed by atoms with Gasteiger partial charge in [-0.2, -0.15) is 0 Å². The largest absolute Gasteiger partial charge is 0.356 e. The second kappa shape index (κ2) is 6.46. The van der Waals surface area contributed by atoms with E-state index in [-0.39, 0.29) is 17.2 Å². The van der Waals surface area contributed by atoms with Gasteiger partial charge in [-0.25, -0.2) is 9.97 Å². The molecule has 126 valence electrons. The van der Waals surface area contributed by atoms with Crippen LogP contribution in [0.5, 0.6) is 0 Å². The van der Waals surface area contributed by atoms with Gasteiger partial charge in [-0.1, -0.05) is 20.8 Å². The number of nitrogens with zero attached hydrogens (tertiary/aromatic N) is 3. The van der Waals surface area contributed by atoms with E-state index in [1.807, 2.05) is 12.3 Å². The maximum absolute atomic E-state index is 12.3. The molecule has 0 radical (unpaired) electrons. The van der Waals surface area contributed by atoms with E-state index >= 15 is 0 Å². The molecule has 23 heavy (non-hydrogen) atoms. The molecule has 1 N–H and O–H groups in total. The van der Waals surface area contributed by atoms with Crippen LogP contribution in [0, 0.1) is 5.92 Å². The van der Waals surface area contributed by atoms with Crippen LogP contribution in [0.25, 0.3) is 0 Å². The first-order valence-electron chi connectivity index (χ1n) is 8.82. The third kappa shape index (κ3) is 3.82.